The van der Waals surface area contributed by atoms with Crippen molar-refractivity contribution in [3.8, 4) is 0 Å². The maximum atomic E-state index is 12.6. The van der Waals surface area contributed by atoms with Gasteiger partial charge in [-0.25, -0.2) is 0 Å². The summed E-state index contributed by atoms with van der Waals surface area (Å²) in [5, 5.41) is 9.58. The molecule has 0 aliphatic carbocycles. The highest BCUT2D eigenvalue weighted by molar-refractivity contribution is 6.08. The fourth-order valence-corrected chi connectivity index (χ4v) is 3.39. The van der Waals surface area contributed by atoms with E-state index < -0.39 is 0 Å². The van der Waals surface area contributed by atoms with E-state index in [4.69, 9.17) is 4.42 Å². The molecule has 0 spiro atoms. The Bertz CT molecular complexity index is 882. The highest BCUT2D eigenvalue weighted by Gasteiger charge is 2.22. The number of halogens is 1. The van der Waals surface area contributed by atoms with E-state index in [-0.39, 0.29) is 24.4 Å². The molecule has 0 radical (unpaired) electrons. The first-order valence-electron chi connectivity index (χ1n) is 8.16. The van der Waals surface area contributed by atoms with Crippen LogP contribution in [0.3, 0.4) is 0 Å². The lowest BCUT2D eigenvalue weighted by Crippen LogP contribution is -2.45. The summed E-state index contributed by atoms with van der Waals surface area (Å²) < 4.78 is 5.98. The number of fused-ring (bicyclic) bond motifs is 3. The molecule has 1 aliphatic heterocycles. The van der Waals surface area contributed by atoms with Gasteiger partial charge in [-0.3, -0.25) is 4.79 Å². The zero-order chi connectivity index (χ0) is 15.8. The molecular weight excluding hydrogens is 324 g/mol. The largest absolute Gasteiger partial charge is 0.450 e. The van der Waals surface area contributed by atoms with Gasteiger partial charge in [-0.05, 0) is 31.7 Å². The minimum absolute atomic E-state index is 0. The number of hydrogen-bond acceptors (Lipinski definition) is 3. The summed E-state index contributed by atoms with van der Waals surface area (Å²) in [5.41, 5.74) is 1.71. The standard InChI is InChI=1S/C19H20N2O2.ClH/c1-12-15-9-8-13-5-2-3-7-16(13)18(15)23-17(12)19(22)21-14-6-4-10-20-11-14;/h2-3,5,7-9,14,20H,4,6,10-11H2,1H3,(H,21,22);1H. The van der Waals surface area contributed by atoms with Crippen LogP contribution in [0.5, 0.6) is 0 Å². The van der Waals surface area contributed by atoms with E-state index >= 15 is 0 Å². The van der Waals surface area contributed by atoms with E-state index in [0.717, 1.165) is 53.2 Å². The smallest absolute Gasteiger partial charge is 0.287 e. The Balaban J connectivity index is 0.00000169. The highest BCUT2D eigenvalue weighted by atomic mass is 35.5. The summed E-state index contributed by atoms with van der Waals surface area (Å²) in [7, 11) is 0. The molecular formula is C19H21ClN2O2. The van der Waals surface area contributed by atoms with E-state index in [1.54, 1.807) is 0 Å². The molecule has 2 aromatic carbocycles. The lowest BCUT2D eigenvalue weighted by Gasteiger charge is -2.23. The normalized spacial score (nSPS) is 17.6. The van der Waals surface area contributed by atoms with Crippen LogP contribution in [0.1, 0.15) is 29.0 Å². The molecule has 1 fully saturated rings. The van der Waals surface area contributed by atoms with Crippen LogP contribution in [0.2, 0.25) is 0 Å². The van der Waals surface area contributed by atoms with Gasteiger partial charge in [0.05, 0.1) is 0 Å². The Kier molecular flexibility index (Phi) is 4.78. The predicted octanol–water partition coefficient (Wildman–Crippen LogP) is 3.80. The van der Waals surface area contributed by atoms with Crippen LogP contribution in [0.25, 0.3) is 21.7 Å². The number of benzene rings is 2. The van der Waals surface area contributed by atoms with Gasteiger partial charge < -0.3 is 15.1 Å². The Hall–Kier alpha value is -2.04. The highest BCUT2D eigenvalue weighted by Crippen LogP contribution is 2.31. The third-order valence-electron chi connectivity index (χ3n) is 4.67. The van der Waals surface area contributed by atoms with Crippen LogP contribution in [-0.4, -0.2) is 25.0 Å². The van der Waals surface area contributed by atoms with Crippen molar-refractivity contribution in [2.45, 2.75) is 25.8 Å². The Morgan fingerprint density at radius 1 is 1.21 bits per heavy atom. The van der Waals surface area contributed by atoms with Crippen LogP contribution in [-0.2, 0) is 0 Å². The first kappa shape index (κ1) is 16.8. The fraction of sp³-hybridized carbons (Fsp3) is 0.316. The van der Waals surface area contributed by atoms with Gasteiger partial charge in [-0.2, -0.15) is 0 Å². The summed E-state index contributed by atoms with van der Waals surface area (Å²) in [6.07, 6.45) is 2.11. The van der Waals surface area contributed by atoms with Crippen molar-refractivity contribution in [3.05, 3.63) is 47.7 Å². The molecule has 24 heavy (non-hydrogen) atoms. The monoisotopic (exact) mass is 344 g/mol. The number of rotatable bonds is 2. The number of carbonyl (C=O) groups excluding carboxylic acids is 1. The summed E-state index contributed by atoms with van der Waals surface area (Å²) in [4.78, 5) is 12.6. The molecule has 3 aromatic rings. The van der Waals surface area contributed by atoms with Crippen LogP contribution in [0, 0.1) is 6.92 Å². The molecule has 1 unspecified atom stereocenters. The van der Waals surface area contributed by atoms with Gasteiger partial charge in [-0.15, -0.1) is 12.4 Å². The zero-order valence-corrected chi connectivity index (χ0v) is 14.4. The lowest BCUT2D eigenvalue weighted by molar-refractivity contribution is 0.0904. The number of hydrogen-bond donors (Lipinski definition) is 2. The van der Waals surface area contributed by atoms with E-state index in [1.807, 2.05) is 31.2 Å². The minimum atomic E-state index is -0.114. The van der Waals surface area contributed by atoms with Gasteiger partial charge in [0.15, 0.2) is 5.76 Å². The molecule has 1 saturated heterocycles. The Labute approximate surface area is 147 Å². The van der Waals surface area contributed by atoms with Crippen molar-refractivity contribution in [2.75, 3.05) is 13.1 Å². The van der Waals surface area contributed by atoms with Gasteiger partial charge >= 0.3 is 0 Å². The second-order valence-electron chi connectivity index (χ2n) is 6.24. The molecule has 4 rings (SSSR count). The average Bonchev–Trinajstić information content (AvgIpc) is 2.93. The van der Waals surface area contributed by atoms with Crippen molar-refractivity contribution < 1.29 is 9.21 Å². The van der Waals surface area contributed by atoms with E-state index in [2.05, 4.69) is 22.8 Å². The average molecular weight is 345 g/mol. The number of aryl methyl sites for hydroxylation is 1. The van der Waals surface area contributed by atoms with Crippen LogP contribution in [0.15, 0.2) is 40.8 Å². The molecule has 2 heterocycles. The second kappa shape index (κ2) is 6.83. The predicted molar refractivity (Wildman–Crippen MR) is 99.1 cm³/mol. The van der Waals surface area contributed by atoms with Gasteiger partial charge in [0, 0.05) is 28.9 Å². The van der Waals surface area contributed by atoms with E-state index in [0.29, 0.717) is 5.76 Å². The third-order valence-corrected chi connectivity index (χ3v) is 4.67. The summed E-state index contributed by atoms with van der Waals surface area (Å²) in [6, 6.07) is 12.4. The number of carbonyl (C=O) groups is 1. The first-order valence-corrected chi connectivity index (χ1v) is 8.16. The third kappa shape index (κ3) is 2.87. The summed E-state index contributed by atoms with van der Waals surface area (Å²) >= 11 is 0. The number of furan rings is 1. The van der Waals surface area contributed by atoms with Crippen LogP contribution < -0.4 is 10.6 Å². The Morgan fingerprint density at radius 2 is 2.04 bits per heavy atom. The maximum Gasteiger partial charge on any atom is 0.287 e. The van der Waals surface area contributed by atoms with Crippen molar-refractivity contribution in [2.24, 2.45) is 0 Å². The van der Waals surface area contributed by atoms with Crippen LogP contribution >= 0.6 is 12.4 Å². The lowest BCUT2D eigenvalue weighted by atomic mass is 10.1. The Morgan fingerprint density at radius 3 is 2.83 bits per heavy atom. The van der Waals surface area contributed by atoms with Gasteiger partial charge in [0.1, 0.15) is 5.58 Å². The second-order valence-corrected chi connectivity index (χ2v) is 6.24. The topological polar surface area (TPSA) is 54.3 Å². The SMILES string of the molecule is Cc1c(C(=O)NC2CCCNC2)oc2c1ccc1ccccc12.Cl. The molecule has 1 atom stereocenters. The molecule has 2 N–H and O–H groups in total. The van der Waals surface area contributed by atoms with Crippen molar-refractivity contribution in [3.63, 3.8) is 0 Å². The zero-order valence-electron chi connectivity index (χ0n) is 13.6. The number of nitrogens with one attached hydrogen (secondary N) is 2. The quantitative estimate of drug-likeness (QED) is 0.743. The van der Waals surface area contributed by atoms with E-state index in [1.165, 1.54) is 0 Å². The first-order chi connectivity index (χ1) is 11.2. The minimum Gasteiger partial charge on any atom is -0.450 e. The number of amides is 1. The van der Waals surface area contributed by atoms with Gasteiger partial charge in [0.2, 0.25) is 0 Å². The molecule has 4 nitrogen and oxygen atoms in total. The molecule has 1 amide bonds. The molecule has 5 heteroatoms. The molecule has 1 aromatic heterocycles. The molecule has 0 bridgehead atoms. The van der Waals surface area contributed by atoms with Gasteiger partial charge in [-0.1, -0.05) is 36.4 Å². The van der Waals surface area contributed by atoms with E-state index in [9.17, 15) is 4.79 Å². The fourth-order valence-electron chi connectivity index (χ4n) is 3.39. The van der Waals surface area contributed by atoms with Crippen molar-refractivity contribution in [1.82, 2.24) is 10.6 Å². The maximum absolute atomic E-state index is 12.6. The summed E-state index contributed by atoms with van der Waals surface area (Å²) in [5.74, 6) is 0.318. The molecule has 0 saturated carbocycles. The number of piperidine rings is 1. The summed E-state index contributed by atoms with van der Waals surface area (Å²) in [6.45, 7) is 3.81. The van der Waals surface area contributed by atoms with Crippen LogP contribution in [0.4, 0.5) is 0 Å². The molecule has 126 valence electrons. The van der Waals surface area contributed by atoms with Gasteiger partial charge in [0.25, 0.3) is 5.91 Å². The van der Waals surface area contributed by atoms with Crippen molar-refractivity contribution in [1.29, 1.82) is 0 Å². The molecule has 1 aliphatic rings. The van der Waals surface area contributed by atoms with Crippen molar-refractivity contribution >= 4 is 40.1 Å².